The predicted molar refractivity (Wildman–Crippen MR) is 113 cm³/mol. The van der Waals surface area contributed by atoms with Gasteiger partial charge in [-0.2, -0.15) is 0 Å². The standard InChI is InChI=1S/C22H25N5O2/c1-23-12-15-4-3-9-27(13-15)22(29)17-5-2-6-18(10-17)26-21(28)16-7-8-19-20(11-16)25-14-24-19/h2,5-8,10-11,14-15,23H,3-4,9,12-13H2,1H3,(H,24,25)(H,26,28). The molecule has 7 nitrogen and oxygen atoms in total. The molecular weight excluding hydrogens is 366 g/mol. The van der Waals surface area contributed by atoms with E-state index < -0.39 is 0 Å². The van der Waals surface area contributed by atoms with Gasteiger partial charge in [0.1, 0.15) is 0 Å². The Bertz CT molecular complexity index is 1030. The molecule has 1 saturated heterocycles. The summed E-state index contributed by atoms with van der Waals surface area (Å²) in [5.74, 6) is 0.275. The number of imidazole rings is 1. The smallest absolute Gasteiger partial charge is 0.255 e. The number of nitrogens with one attached hydrogen (secondary N) is 3. The highest BCUT2D eigenvalue weighted by Crippen LogP contribution is 2.20. The SMILES string of the molecule is CNCC1CCCN(C(=O)c2cccc(NC(=O)c3ccc4nc[nH]c4c3)c2)C1. The molecule has 1 aromatic heterocycles. The summed E-state index contributed by atoms with van der Waals surface area (Å²) in [6, 6.07) is 12.5. The van der Waals surface area contributed by atoms with Crippen molar-refractivity contribution >= 4 is 28.5 Å². The Morgan fingerprint density at radius 1 is 1.21 bits per heavy atom. The summed E-state index contributed by atoms with van der Waals surface area (Å²) in [5, 5.41) is 6.09. The maximum absolute atomic E-state index is 13.0. The van der Waals surface area contributed by atoms with Crippen molar-refractivity contribution in [1.82, 2.24) is 20.2 Å². The highest BCUT2D eigenvalue weighted by Gasteiger charge is 2.24. The second-order valence-corrected chi connectivity index (χ2v) is 7.49. The molecule has 0 bridgehead atoms. The number of likely N-dealkylation sites (tertiary alicyclic amines) is 1. The van der Waals surface area contributed by atoms with Gasteiger partial charge in [0, 0.05) is 29.9 Å². The van der Waals surface area contributed by atoms with Crippen molar-refractivity contribution in [3.8, 4) is 0 Å². The zero-order chi connectivity index (χ0) is 20.2. The molecule has 3 N–H and O–H groups in total. The molecule has 1 aliphatic heterocycles. The molecule has 2 heterocycles. The first-order chi connectivity index (χ1) is 14.1. The fourth-order valence-electron chi connectivity index (χ4n) is 3.90. The molecule has 150 valence electrons. The lowest BCUT2D eigenvalue weighted by molar-refractivity contribution is 0.0674. The molecule has 0 radical (unpaired) electrons. The molecule has 7 heteroatoms. The van der Waals surface area contributed by atoms with Crippen molar-refractivity contribution in [2.45, 2.75) is 12.8 Å². The van der Waals surface area contributed by atoms with Crippen LogP contribution >= 0.6 is 0 Å². The molecule has 4 rings (SSSR count). The third-order valence-corrected chi connectivity index (χ3v) is 5.35. The summed E-state index contributed by atoms with van der Waals surface area (Å²) in [6.07, 6.45) is 3.76. The van der Waals surface area contributed by atoms with Crippen molar-refractivity contribution in [1.29, 1.82) is 0 Å². The van der Waals surface area contributed by atoms with Gasteiger partial charge in [-0.3, -0.25) is 9.59 Å². The number of aromatic amines is 1. The van der Waals surface area contributed by atoms with E-state index >= 15 is 0 Å². The molecule has 1 unspecified atom stereocenters. The summed E-state index contributed by atoms with van der Waals surface area (Å²) in [5.41, 5.74) is 3.35. The predicted octanol–water partition coefficient (Wildman–Crippen LogP) is 2.89. The van der Waals surface area contributed by atoms with Crippen molar-refractivity contribution in [3.05, 3.63) is 59.9 Å². The molecule has 3 aromatic rings. The molecule has 0 saturated carbocycles. The van der Waals surface area contributed by atoms with Gasteiger partial charge in [0.05, 0.1) is 17.4 Å². The fourth-order valence-corrected chi connectivity index (χ4v) is 3.90. The van der Waals surface area contributed by atoms with E-state index in [1.54, 1.807) is 48.8 Å². The molecule has 1 fully saturated rings. The van der Waals surface area contributed by atoms with Gasteiger partial charge >= 0.3 is 0 Å². The minimum atomic E-state index is -0.224. The molecular formula is C22H25N5O2. The Morgan fingerprint density at radius 3 is 2.97 bits per heavy atom. The largest absolute Gasteiger partial charge is 0.345 e. The summed E-state index contributed by atoms with van der Waals surface area (Å²) >= 11 is 0. The number of carbonyl (C=O) groups is 2. The number of piperidine rings is 1. The average molecular weight is 391 g/mol. The number of anilines is 1. The second kappa shape index (κ2) is 8.45. The molecule has 2 amide bonds. The minimum Gasteiger partial charge on any atom is -0.345 e. The van der Waals surface area contributed by atoms with Gasteiger partial charge in [-0.05, 0) is 68.8 Å². The molecule has 1 atom stereocenters. The van der Waals surface area contributed by atoms with Crippen LogP contribution < -0.4 is 10.6 Å². The van der Waals surface area contributed by atoms with Crippen LogP contribution in [0.15, 0.2) is 48.8 Å². The molecule has 0 aliphatic carbocycles. The Kier molecular flexibility index (Phi) is 5.57. The van der Waals surface area contributed by atoms with Crippen LogP contribution in [0.25, 0.3) is 11.0 Å². The lowest BCUT2D eigenvalue weighted by Crippen LogP contribution is -2.42. The number of amides is 2. The zero-order valence-corrected chi connectivity index (χ0v) is 16.4. The van der Waals surface area contributed by atoms with E-state index in [1.807, 2.05) is 11.9 Å². The number of aromatic nitrogens is 2. The van der Waals surface area contributed by atoms with Crippen LogP contribution in [0, 0.1) is 5.92 Å². The van der Waals surface area contributed by atoms with Crippen LogP contribution in [0.2, 0.25) is 0 Å². The Balaban J connectivity index is 1.46. The third kappa shape index (κ3) is 4.30. The van der Waals surface area contributed by atoms with Crippen molar-refractivity contribution < 1.29 is 9.59 Å². The zero-order valence-electron chi connectivity index (χ0n) is 16.4. The number of hydrogen-bond acceptors (Lipinski definition) is 4. The second-order valence-electron chi connectivity index (χ2n) is 7.49. The summed E-state index contributed by atoms with van der Waals surface area (Å²) in [6.45, 7) is 2.46. The number of nitrogens with zero attached hydrogens (tertiary/aromatic N) is 2. The van der Waals surface area contributed by atoms with E-state index in [0.29, 0.717) is 22.7 Å². The van der Waals surface area contributed by atoms with E-state index in [1.165, 1.54) is 0 Å². The van der Waals surface area contributed by atoms with Gasteiger partial charge in [0.2, 0.25) is 0 Å². The number of H-pyrrole nitrogens is 1. The maximum atomic E-state index is 13.0. The first-order valence-corrected chi connectivity index (χ1v) is 9.92. The highest BCUT2D eigenvalue weighted by molar-refractivity contribution is 6.06. The average Bonchev–Trinajstić information content (AvgIpc) is 3.22. The summed E-state index contributed by atoms with van der Waals surface area (Å²) in [4.78, 5) is 34.7. The first kappa shape index (κ1) is 19.1. The van der Waals surface area contributed by atoms with Gasteiger partial charge in [0.15, 0.2) is 0 Å². The lowest BCUT2D eigenvalue weighted by atomic mass is 9.97. The van der Waals surface area contributed by atoms with Crippen molar-refractivity contribution in [2.24, 2.45) is 5.92 Å². The molecule has 1 aliphatic rings. The Hall–Kier alpha value is -3.19. The molecule has 0 spiro atoms. The summed E-state index contributed by atoms with van der Waals surface area (Å²) in [7, 11) is 1.94. The fraction of sp³-hybridized carbons (Fsp3) is 0.318. The number of carbonyl (C=O) groups excluding carboxylic acids is 2. The highest BCUT2D eigenvalue weighted by atomic mass is 16.2. The van der Waals surface area contributed by atoms with Crippen LogP contribution in [-0.4, -0.2) is 53.4 Å². The minimum absolute atomic E-state index is 0.0146. The topological polar surface area (TPSA) is 90.1 Å². The van der Waals surface area contributed by atoms with Crippen LogP contribution in [0.1, 0.15) is 33.6 Å². The third-order valence-electron chi connectivity index (χ3n) is 5.35. The van der Waals surface area contributed by atoms with Crippen LogP contribution in [0.4, 0.5) is 5.69 Å². The van der Waals surface area contributed by atoms with Crippen molar-refractivity contribution in [3.63, 3.8) is 0 Å². The maximum Gasteiger partial charge on any atom is 0.255 e. The number of hydrogen-bond donors (Lipinski definition) is 3. The van der Waals surface area contributed by atoms with E-state index in [0.717, 1.165) is 43.5 Å². The van der Waals surface area contributed by atoms with Gasteiger partial charge < -0.3 is 20.5 Å². The van der Waals surface area contributed by atoms with Gasteiger partial charge in [0.25, 0.3) is 11.8 Å². The van der Waals surface area contributed by atoms with E-state index in [2.05, 4.69) is 20.6 Å². The van der Waals surface area contributed by atoms with Crippen LogP contribution in [0.5, 0.6) is 0 Å². The molecule has 29 heavy (non-hydrogen) atoms. The Labute approximate surface area is 169 Å². The van der Waals surface area contributed by atoms with Crippen molar-refractivity contribution in [2.75, 3.05) is 32.0 Å². The number of benzene rings is 2. The van der Waals surface area contributed by atoms with E-state index in [4.69, 9.17) is 0 Å². The number of fused-ring (bicyclic) bond motifs is 1. The van der Waals surface area contributed by atoms with Gasteiger partial charge in [-0.15, -0.1) is 0 Å². The van der Waals surface area contributed by atoms with Gasteiger partial charge in [-0.25, -0.2) is 4.98 Å². The normalized spacial score (nSPS) is 16.7. The van der Waals surface area contributed by atoms with E-state index in [9.17, 15) is 9.59 Å². The quantitative estimate of drug-likeness (QED) is 0.624. The van der Waals surface area contributed by atoms with Crippen LogP contribution in [-0.2, 0) is 0 Å². The lowest BCUT2D eigenvalue weighted by Gasteiger charge is -2.32. The van der Waals surface area contributed by atoms with E-state index in [-0.39, 0.29) is 11.8 Å². The monoisotopic (exact) mass is 391 g/mol. The summed E-state index contributed by atoms with van der Waals surface area (Å²) < 4.78 is 0. The first-order valence-electron chi connectivity index (χ1n) is 9.92. The number of rotatable bonds is 5. The Morgan fingerprint density at radius 2 is 2.10 bits per heavy atom. The van der Waals surface area contributed by atoms with Crippen LogP contribution in [0.3, 0.4) is 0 Å². The van der Waals surface area contributed by atoms with Gasteiger partial charge in [-0.1, -0.05) is 6.07 Å². The molecule has 2 aromatic carbocycles.